The van der Waals surface area contributed by atoms with Crippen LogP contribution in [0.2, 0.25) is 0 Å². The van der Waals surface area contributed by atoms with Crippen LogP contribution in [0.5, 0.6) is 0 Å². The van der Waals surface area contributed by atoms with Crippen molar-refractivity contribution >= 4 is 11.6 Å². The molecule has 2 N–H and O–H groups in total. The summed E-state index contributed by atoms with van der Waals surface area (Å²) in [7, 11) is 0. The normalized spacial score (nSPS) is 10.3. The molecule has 2 heterocycles. The van der Waals surface area contributed by atoms with Crippen LogP contribution < -0.4 is 10.6 Å². The predicted octanol–water partition coefficient (Wildman–Crippen LogP) is 2.23. The molecule has 0 saturated carbocycles. The summed E-state index contributed by atoms with van der Waals surface area (Å²) in [5, 5.41) is 6.05. The van der Waals surface area contributed by atoms with Gasteiger partial charge in [-0.15, -0.1) is 0 Å². The lowest BCUT2D eigenvalue weighted by Gasteiger charge is -2.09. The van der Waals surface area contributed by atoms with Gasteiger partial charge in [0.1, 0.15) is 5.69 Å². The molecule has 0 unspecified atom stereocenters. The van der Waals surface area contributed by atoms with Crippen molar-refractivity contribution in [1.29, 1.82) is 0 Å². The zero-order chi connectivity index (χ0) is 14.4. The van der Waals surface area contributed by atoms with Crippen molar-refractivity contribution in [3.63, 3.8) is 0 Å². The SMILES string of the molecule is CC(C)NC(=O)c1cc(NCc2ccccn2)ccn1. The van der Waals surface area contributed by atoms with E-state index in [9.17, 15) is 4.79 Å². The van der Waals surface area contributed by atoms with Gasteiger partial charge >= 0.3 is 0 Å². The third-order valence-corrected chi connectivity index (χ3v) is 2.61. The molecule has 0 saturated heterocycles. The molecule has 0 spiro atoms. The second-order valence-corrected chi connectivity index (χ2v) is 4.73. The molecule has 2 rings (SSSR count). The quantitative estimate of drug-likeness (QED) is 0.874. The Labute approximate surface area is 118 Å². The van der Waals surface area contributed by atoms with Crippen LogP contribution >= 0.6 is 0 Å². The molecule has 2 aromatic rings. The van der Waals surface area contributed by atoms with Crippen molar-refractivity contribution in [3.8, 4) is 0 Å². The molecule has 0 aliphatic carbocycles. The minimum Gasteiger partial charge on any atom is -0.379 e. The molecule has 5 heteroatoms. The van der Waals surface area contributed by atoms with E-state index in [1.165, 1.54) is 0 Å². The Morgan fingerprint density at radius 2 is 2.05 bits per heavy atom. The van der Waals surface area contributed by atoms with Gasteiger partial charge in [-0.1, -0.05) is 6.07 Å². The average Bonchev–Trinajstić information content (AvgIpc) is 2.46. The molecule has 0 bridgehead atoms. The number of carbonyl (C=O) groups excluding carboxylic acids is 1. The Balaban J connectivity index is 2.01. The first kappa shape index (κ1) is 14.0. The first-order valence-electron chi connectivity index (χ1n) is 6.56. The zero-order valence-electron chi connectivity index (χ0n) is 11.6. The Morgan fingerprint density at radius 3 is 2.75 bits per heavy atom. The topological polar surface area (TPSA) is 66.9 Å². The summed E-state index contributed by atoms with van der Waals surface area (Å²) >= 11 is 0. The van der Waals surface area contributed by atoms with Gasteiger partial charge in [0.05, 0.1) is 12.2 Å². The minimum atomic E-state index is -0.165. The van der Waals surface area contributed by atoms with Crippen molar-refractivity contribution in [1.82, 2.24) is 15.3 Å². The summed E-state index contributed by atoms with van der Waals surface area (Å²) < 4.78 is 0. The van der Waals surface area contributed by atoms with Crippen molar-refractivity contribution in [2.24, 2.45) is 0 Å². The van der Waals surface area contributed by atoms with Gasteiger partial charge in [-0.2, -0.15) is 0 Å². The lowest BCUT2D eigenvalue weighted by Crippen LogP contribution is -2.30. The van der Waals surface area contributed by atoms with Crippen LogP contribution in [0.3, 0.4) is 0 Å². The first-order valence-corrected chi connectivity index (χ1v) is 6.56. The molecule has 5 nitrogen and oxygen atoms in total. The first-order chi connectivity index (χ1) is 9.65. The van der Waals surface area contributed by atoms with Crippen LogP contribution in [0.1, 0.15) is 30.0 Å². The maximum absolute atomic E-state index is 11.9. The molecule has 2 aromatic heterocycles. The van der Waals surface area contributed by atoms with E-state index in [0.29, 0.717) is 12.2 Å². The van der Waals surface area contributed by atoms with Gasteiger partial charge in [-0.3, -0.25) is 14.8 Å². The average molecular weight is 270 g/mol. The van der Waals surface area contributed by atoms with Gasteiger partial charge in [0.15, 0.2) is 0 Å². The number of rotatable bonds is 5. The second-order valence-electron chi connectivity index (χ2n) is 4.73. The monoisotopic (exact) mass is 270 g/mol. The highest BCUT2D eigenvalue weighted by Crippen LogP contribution is 2.09. The van der Waals surface area contributed by atoms with Gasteiger partial charge in [0.25, 0.3) is 5.91 Å². The van der Waals surface area contributed by atoms with Crippen molar-refractivity contribution < 1.29 is 4.79 Å². The Kier molecular flexibility index (Phi) is 4.65. The predicted molar refractivity (Wildman–Crippen MR) is 78.4 cm³/mol. The molecular weight excluding hydrogens is 252 g/mol. The van der Waals surface area contributed by atoms with E-state index in [1.54, 1.807) is 18.5 Å². The number of nitrogens with one attached hydrogen (secondary N) is 2. The van der Waals surface area contributed by atoms with E-state index >= 15 is 0 Å². The fourth-order valence-corrected chi connectivity index (χ4v) is 1.70. The zero-order valence-corrected chi connectivity index (χ0v) is 11.6. The standard InChI is InChI=1S/C15H18N4O/c1-11(2)19-15(20)14-9-12(6-8-17-14)18-10-13-5-3-4-7-16-13/h3-9,11H,10H2,1-2H3,(H,17,18)(H,19,20). The summed E-state index contributed by atoms with van der Waals surface area (Å²) in [5.41, 5.74) is 2.20. The molecule has 0 radical (unpaired) electrons. The van der Waals surface area contributed by atoms with Gasteiger partial charge in [-0.05, 0) is 38.1 Å². The summed E-state index contributed by atoms with van der Waals surface area (Å²) in [6.45, 7) is 4.44. The van der Waals surface area contributed by atoms with E-state index in [-0.39, 0.29) is 11.9 Å². The van der Waals surface area contributed by atoms with E-state index in [4.69, 9.17) is 0 Å². The smallest absolute Gasteiger partial charge is 0.270 e. The summed E-state index contributed by atoms with van der Waals surface area (Å²) in [5.74, 6) is -0.165. The number of amides is 1. The molecule has 20 heavy (non-hydrogen) atoms. The summed E-state index contributed by atoms with van der Waals surface area (Å²) in [4.78, 5) is 20.2. The van der Waals surface area contributed by atoms with Crippen LogP contribution in [-0.2, 0) is 6.54 Å². The Hall–Kier alpha value is -2.43. The van der Waals surface area contributed by atoms with E-state index in [2.05, 4.69) is 20.6 Å². The molecule has 104 valence electrons. The van der Waals surface area contributed by atoms with Crippen LogP contribution in [0, 0.1) is 0 Å². The van der Waals surface area contributed by atoms with Gasteiger partial charge < -0.3 is 10.6 Å². The fraction of sp³-hybridized carbons (Fsp3) is 0.267. The number of carbonyl (C=O) groups is 1. The molecule has 0 aromatic carbocycles. The number of anilines is 1. The van der Waals surface area contributed by atoms with E-state index in [1.807, 2.05) is 38.1 Å². The summed E-state index contributed by atoms with van der Waals surface area (Å²) in [6, 6.07) is 9.42. The lowest BCUT2D eigenvalue weighted by atomic mass is 10.2. The maximum Gasteiger partial charge on any atom is 0.270 e. The van der Waals surface area contributed by atoms with Crippen LogP contribution in [-0.4, -0.2) is 21.9 Å². The van der Waals surface area contributed by atoms with Crippen LogP contribution in [0.4, 0.5) is 5.69 Å². The largest absolute Gasteiger partial charge is 0.379 e. The fourth-order valence-electron chi connectivity index (χ4n) is 1.70. The lowest BCUT2D eigenvalue weighted by molar-refractivity contribution is 0.0938. The molecule has 0 atom stereocenters. The number of pyridine rings is 2. The number of nitrogens with zero attached hydrogens (tertiary/aromatic N) is 2. The highest BCUT2D eigenvalue weighted by atomic mass is 16.1. The number of aromatic nitrogens is 2. The van der Waals surface area contributed by atoms with Crippen molar-refractivity contribution in [2.45, 2.75) is 26.4 Å². The number of hydrogen-bond acceptors (Lipinski definition) is 4. The number of hydrogen-bond donors (Lipinski definition) is 2. The maximum atomic E-state index is 11.9. The van der Waals surface area contributed by atoms with Gasteiger partial charge in [0, 0.05) is 24.1 Å². The summed E-state index contributed by atoms with van der Waals surface area (Å²) in [6.07, 6.45) is 3.38. The highest BCUT2D eigenvalue weighted by molar-refractivity contribution is 5.93. The van der Waals surface area contributed by atoms with Gasteiger partial charge in [-0.25, -0.2) is 0 Å². The van der Waals surface area contributed by atoms with Crippen molar-refractivity contribution in [2.75, 3.05) is 5.32 Å². The Bertz CT molecular complexity index is 569. The molecule has 0 aliphatic heterocycles. The van der Waals surface area contributed by atoms with E-state index in [0.717, 1.165) is 11.4 Å². The highest BCUT2D eigenvalue weighted by Gasteiger charge is 2.08. The Morgan fingerprint density at radius 1 is 1.20 bits per heavy atom. The minimum absolute atomic E-state index is 0.0921. The third kappa shape index (κ3) is 4.05. The third-order valence-electron chi connectivity index (χ3n) is 2.61. The van der Waals surface area contributed by atoms with Crippen LogP contribution in [0.15, 0.2) is 42.7 Å². The van der Waals surface area contributed by atoms with Crippen LogP contribution in [0.25, 0.3) is 0 Å². The second kappa shape index (κ2) is 6.65. The van der Waals surface area contributed by atoms with Crippen molar-refractivity contribution in [3.05, 3.63) is 54.1 Å². The molecule has 1 amide bonds. The van der Waals surface area contributed by atoms with E-state index < -0.39 is 0 Å². The molecular formula is C15H18N4O. The molecule has 0 aliphatic rings. The molecule has 0 fully saturated rings. The van der Waals surface area contributed by atoms with Gasteiger partial charge in [0.2, 0.25) is 0 Å².